The highest BCUT2D eigenvalue weighted by Crippen LogP contribution is 2.44. The summed E-state index contributed by atoms with van der Waals surface area (Å²) in [6, 6.07) is 0. The molecule has 2 saturated carbocycles. The van der Waals surface area contributed by atoms with Crippen LogP contribution in [0.3, 0.4) is 0 Å². The summed E-state index contributed by atoms with van der Waals surface area (Å²) >= 11 is 0. The molecule has 1 aliphatic heterocycles. The van der Waals surface area contributed by atoms with Crippen LogP contribution < -0.4 is 5.73 Å². The first-order valence-electron chi connectivity index (χ1n) is 10.2. The summed E-state index contributed by atoms with van der Waals surface area (Å²) in [4.78, 5) is 26.6. The molecule has 2 aliphatic carbocycles. The Labute approximate surface area is 159 Å². The van der Waals surface area contributed by atoms with Crippen molar-refractivity contribution in [1.29, 1.82) is 0 Å². The van der Waals surface area contributed by atoms with E-state index in [0.717, 1.165) is 18.5 Å². The predicted octanol–water partition coefficient (Wildman–Crippen LogP) is 1.17. The lowest BCUT2D eigenvalue weighted by Crippen LogP contribution is -2.41. The summed E-state index contributed by atoms with van der Waals surface area (Å²) in [7, 11) is 0. The number of carbonyl (C=O) groups excluding carboxylic acids is 2. The highest BCUT2D eigenvalue weighted by atomic mass is 16.5. The molecule has 2 N–H and O–H groups in total. The Morgan fingerprint density at radius 2 is 1.93 bits per heavy atom. The highest BCUT2D eigenvalue weighted by molar-refractivity contribution is 5.85. The summed E-state index contributed by atoms with van der Waals surface area (Å²) in [5, 5.41) is 8.62. The standard InChI is InChI=1S/C19H29N5O3/c20-18(26)19(6-7-19)24-13-16(21-22-24)15(14-4-2-1-3-5-14)12-17(25)23-8-10-27-11-9-23/h13-15H,1-12H2,(H2,20,26)/t15-/m0/s1. The molecule has 0 aromatic carbocycles. The number of amides is 2. The summed E-state index contributed by atoms with van der Waals surface area (Å²) in [5.41, 5.74) is 5.70. The van der Waals surface area contributed by atoms with Crippen LogP contribution in [0.1, 0.15) is 63.0 Å². The number of rotatable bonds is 6. The second kappa shape index (κ2) is 7.58. The van der Waals surface area contributed by atoms with Crippen molar-refractivity contribution in [3.63, 3.8) is 0 Å². The van der Waals surface area contributed by atoms with Crippen molar-refractivity contribution < 1.29 is 14.3 Å². The molecule has 148 valence electrons. The molecule has 0 bridgehead atoms. The van der Waals surface area contributed by atoms with Gasteiger partial charge in [-0.05, 0) is 31.6 Å². The Morgan fingerprint density at radius 3 is 2.56 bits per heavy atom. The van der Waals surface area contributed by atoms with Crippen LogP contribution in [0.15, 0.2) is 6.20 Å². The Bertz CT molecular complexity index is 687. The molecule has 27 heavy (non-hydrogen) atoms. The first-order chi connectivity index (χ1) is 13.1. The van der Waals surface area contributed by atoms with Gasteiger partial charge in [0, 0.05) is 31.6 Å². The molecular formula is C19H29N5O3. The van der Waals surface area contributed by atoms with Gasteiger partial charge in [-0.2, -0.15) is 0 Å². The van der Waals surface area contributed by atoms with Crippen molar-refractivity contribution in [3.05, 3.63) is 11.9 Å². The largest absolute Gasteiger partial charge is 0.378 e. The van der Waals surface area contributed by atoms with Crippen molar-refractivity contribution >= 4 is 11.8 Å². The van der Waals surface area contributed by atoms with Crippen molar-refractivity contribution in [1.82, 2.24) is 19.9 Å². The lowest BCUT2D eigenvalue weighted by Gasteiger charge is -2.32. The molecule has 4 rings (SSSR count). The normalized spacial score (nSPS) is 23.8. The van der Waals surface area contributed by atoms with Gasteiger partial charge < -0.3 is 15.4 Å². The third kappa shape index (κ3) is 3.72. The third-order valence-electron chi connectivity index (χ3n) is 6.49. The zero-order valence-electron chi connectivity index (χ0n) is 15.8. The summed E-state index contributed by atoms with van der Waals surface area (Å²) < 4.78 is 7.00. The average molecular weight is 375 g/mol. The SMILES string of the molecule is NC(=O)C1(n2cc([C@@H](CC(=O)N3CCOCC3)C3CCCCC3)nn2)CC1. The van der Waals surface area contributed by atoms with E-state index in [1.807, 2.05) is 11.1 Å². The summed E-state index contributed by atoms with van der Waals surface area (Å²) in [6.07, 6.45) is 9.65. The first-order valence-corrected chi connectivity index (χ1v) is 10.2. The molecule has 0 unspecified atom stereocenters. The van der Waals surface area contributed by atoms with Gasteiger partial charge in [-0.15, -0.1) is 5.10 Å². The van der Waals surface area contributed by atoms with Crippen LogP contribution in [0.4, 0.5) is 0 Å². The van der Waals surface area contributed by atoms with Crippen LogP contribution in [-0.2, 0) is 19.9 Å². The average Bonchev–Trinajstić information content (AvgIpc) is 3.38. The first kappa shape index (κ1) is 18.4. The van der Waals surface area contributed by atoms with Gasteiger partial charge in [-0.25, -0.2) is 4.68 Å². The second-order valence-corrected chi connectivity index (χ2v) is 8.19. The van der Waals surface area contributed by atoms with E-state index in [0.29, 0.717) is 51.5 Å². The van der Waals surface area contributed by atoms with Gasteiger partial charge in [0.25, 0.3) is 0 Å². The minimum absolute atomic E-state index is 0.0538. The number of primary amides is 1. The topological polar surface area (TPSA) is 103 Å². The lowest BCUT2D eigenvalue weighted by molar-refractivity contribution is -0.136. The number of ether oxygens (including phenoxy) is 1. The van der Waals surface area contributed by atoms with E-state index in [1.165, 1.54) is 19.3 Å². The maximum absolute atomic E-state index is 12.9. The fraction of sp³-hybridized carbons (Fsp3) is 0.789. The van der Waals surface area contributed by atoms with Crippen LogP contribution in [0.2, 0.25) is 0 Å². The molecule has 8 nitrogen and oxygen atoms in total. The number of carbonyl (C=O) groups is 2. The predicted molar refractivity (Wildman–Crippen MR) is 97.8 cm³/mol. The van der Waals surface area contributed by atoms with Crippen LogP contribution >= 0.6 is 0 Å². The fourth-order valence-electron chi connectivity index (χ4n) is 4.54. The molecule has 3 aliphatic rings. The molecule has 1 saturated heterocycles. The van der Waals surface area contributed by atoms with Crippen molar-refractivity contribution in [2.75, 3.05) is 26.3 Å². The third-order valence-corrected chi connectivity index (χ3v) is 6.49. The van der Waals surface area contributed by atoms with Gasteiger partial charge in [-0.3, -0.25) is 9.59 Å². The van der Waals surface area contributed by atoms with Gasteiger partial charge in [-0.1, -0.05) is 24.5 Å². The minimum Gasteiger partial charge on any atom is -0.378 e. The van der Waals surface area contributed by atoms with E-state index in [4.69, 9.17) is 10.5 Å². The van der Waals surface area contributed by atoms with E-state index in [1.54, 1.807) is 4.68 Å². The highest BCUT2D eigenvalue weighted by Gasteiger charge is 2.52. The molecule has 1 aromatic rings. The van der Waals surface area contributed by atoms with Gasteiger partial charge in [0.1, 0.15) is 5.54 Å². The van der Waals surface area contributed by atoms with Crippen LogP contribution in [0.25, 0.3) is 0 Å². The van der Waals surface area contributed by atoms with Crippen LogP contribution in [-0.4, -0.2) is 58.0 Å². The summed E-state index contributed by atoms with van der Waals surface area (Å²) in [6.45, 7) is 2.54. The maximum atomic E-state index is 12.9. The van der Waals surface area contributed by atoms with Gasteiger partial charge in [0.2, 0.25) is 11.8 Å². The Hall–Kier alpha value is -1.96. The molecule has 2 heterocycles. The van der Waals surface area contributed by atoms with Crippen molar-refractivity contribution in [2.24, 2.45) is 11.7 Å². The zero-order valence-corrected chi connectivity index (χ0v) is 15.8. The number of nitrogens with two attached hydrogens (primary N) is 1. The Balaban J connectivity index is 1.53. The van der Waals surface area contributed by atoms with Crippen molar-refractivity contribution in [3.8, 4) is 0 Å². The number of hydrogen-bond acceptors (Lipinski definition) is 5. The Kier molecular flexibility index (Phi) is 5.16. The molecular weight excluding hydrogens is 346 g/mol. The molecule has 2 amide bonds. The fourth-order valence-corrected chi connectivity index (χ4v) is 4.54. The molecule has 1 atom stereocenters. The monoisotopic (exact) mass is 375 g/mol. The Morgan fingerprint density at radius 1 is 1.22 bits per heavy atom. The lowest BCUT2D eigenvalue weighted by atomic mass is 9.77. The quantitative estimate of drug-likeness (QED) is 0.804. The number of nitrogens with zero attached hydrogens (tertiary/aromatic N) is 4. The summed E-state index contributed by atoms with van der Waals surface area (Å²) in [5.74, 6) is 0.313. The maximum Gasteiger partial charge on any atom is 0.245 e. The van der Waals surface area contributed by atoms with Gasteiger partial charge >= 0.3 is 0 Å². The van der Waals surface area contributed by atoms with Gasteiger partial charge in [0.15, 0.2) is 0 Å². The molecule has 3 fully saturated rings. The second-order valence-electron chi connectivity index (χ2n) is 8.19. The smallest absolute Gasteiger partial charge is 0.245 e. The zero-order chi connectivity index (χ0) is 18.9. The number of aromatic nitrogens is 3. The van der Waals surface area contributed by atoms with Crippen LogP contribution in [0, 0.1) is 5.92 Å². The van der Waals surface area contributed by atoms with Gasteiger partial charge in [0.05, 0.1) is 18.9 Å². The van der Waals surface area contributed by atoms with Crippen molar-refractivity contribution in [2.45, 2.75) is 62.8 Å². The number of hydrogen-bond donors (Lipinski definition) is 1. The minimum atomic E-state index is -0.698. The molecule has 8 heteroatoms. The van der Waals surface area contributed by atoms with E-state index >= 15 is 0 Å². The molecule has 1 aromatic heterocycles. The van der Waals surface area contributed by atoms with E-state index in [9.17, 15) is 9.59 Å². The number of morpholine rings is 1. The molecule has 0 spiro atoms. The molecule has 0 radical (unpaired) electrons. The van der Waals surface area contributed by atoms with E-state index < -0.39 is 5.54 Å². The van der Waals surface area contributed by atoms with Crippen LogP contribution in [0.5, 0.6) is 0 Å². The van der Waals surface area contributed by atoms with E-state index in [2.05, 4.69) is 10.3 Å². The van der Waals surface area contributed by atoms with E-state index in [-0.39, 0.29) is 17.7 Å².